The van der Waals surface area contributed by atoms with Gasteiger partial charge in [0.2, 0.25) is 0 Å². The van der Waals surface area contributed by atoms with Crippen LogP contribution in [0.5, 0.6) is 0 Å². The Hall–Kier alpha value is -1.02. The maximum atomic E-state index is 12.6. The van der Waals surface area contributed by atoms with Gasteiger partial charge in [-0.2, -0.15) is 17.0 Å². The first-order valence-electron chi connectivity index (χ1n) is 6.90. The Bertz CT molecular complexity index is 520. The molecular formula is C13H22N4O2S. The van der Waals surface area contributed by atoms with Crippen LogP contribution in [0.1, 0.15) is 30.9 Å². The van der Waals surface area contributed by atoms with E-state index in [0.29, 0.717) is 26.1 Å². The molecule has 1 aromatic heterocycles. The first kappa shape index (κ1) is 15.4. The monoisotopic (exact) mass is 298 g/mol. The van der Waals surface area contributed by atoms with Gasteiger partial charge in [0.15, 0.2) is 0 Å². The van der Waals surface area contributed by atoms with Crippen LogP contribution in [0, 0.1) is 0 Å². The summed E-state index contributed by atoms with van der Waals surface area (Å²) >= 11 is 0. The summed E-state index contributed by atoms with van der Waals surface area (Å²) in [6.07, 6.45) is 5.82. The highest BCUT2D eigenvalue weighted by molar-refractivity contribution is 7.86. The van der Waals surface area contributed by atoms with Gasteiger partial charge in [-0.3, -0.25) is 4.98 Å². The molecule has 0 radical (unpaired) electrons. The van der Waals surface area contributed by atoms with Gasteiger partial charge in [0.25, 0.3) is 10.2 Å². The van der Waals surface area contributed by atoms with Gasteiger partial charge in [-0.15, -0.1) is 0 Å². The van der Waals surface area contributed by atoms with E-state index in [1.165, 1.54) is 4.31 Å². The van der Waals surface area contributed by atoms with Crippen LogP contribution in [0.3, 0.4) is 0 Å². The van der Waals surface area contributed by atoms with E-state index in [2.05, 4.69) is 4.98 Å². The minimum Gasteiger partial charge on any atom is -0.330 e. The average molecular weight is 298 g/mol. The fourth-order valence-corrected chi connectivity index (χ4v) is 4.17. The van der Waals surface area contributed by atoms with Gasteiger partial charge >= 0.3 is 0 Å². The molecule has 2 rings (SSSR count). The third kappa shape index (κ3) is 3.17. The number of hydrogen-bond donors (Lipinski definition) is 1. The Morgan fingerprint density at radius 1 is 1.45 bits per heavy atom. The van der Waals surface area contributed by atoms with Gasteiger partial charge in [-0.05, 0) is 43.5 Å². The van der Waals surface area contributed by atoms with Gasteiger partial charge in [0.1, 0.15) is 0 Å². The number of nitrogens with two attached hydrogens (primary N) is 1. The molecule has 7 heteroatoms. The van der Waals surface area contributed by atoms with Crippen molar-refractivity contribution in [1.82, 2.24) is 13.6 Å². The molecule has 0 aromatic carbocycles. The Morgan fingerprint density at radius 3 is 2.80 bits per heavy atom. The normalized spacial score (nSPS) is 20.6. The molecule has 0 spiro atoms. The SMILES string of the molecule is CN(CCCN)S(=O)(=O)N1CCCC1c1ccncc1. The summed E-state index contributed by atoms with van der Waals surface area (Å²) in [6.45, 7) is 1.52. The summed E-state index contributed by atoms with van der Waals surface area (Å²) < 4.78 is 28.2. The zero-order chi connectivity index (χ0) is 14.6. The third-order valence-corrected chi connectivity index (χ3v) is 5.66. The second-order valence-corrected chi connectivity index (χ2v) is 7.01. The molecule has 1 fully saturated rings. The lowest BCUT2D eigenvalue weighted by molar-refractivity contribution is 0.346. The largest absolute Gasteiger partial charge is 0.330 e. The molecule has 1 unspecified atom stereocenters. The van der Waals surface area contributed by atoms with Gasteiger partial charge in [-0.1, -0.05) is 0 Å². The van der Waals surface area contributed by atoms with Gasteiger partial charge in [0, 0.05) is 32.5 Å². The van der Waals surface area contributed by atoms with Crippen molar-refractivity contribution in [1.29, 1.82) is 0 Å². The van der Waals surface area contributed by atoms with Crippen LogP contribution in [0.25, 0.3) is 0 Å². The third-order valence-electron chi connectivity index (χ3n) is 3.66. The van der Waals surface area contributed by atoms with Crippen molar-refractivity contribution in [2.75, 3.05) is 26.7 Å². The average Bonchev–Trinajstić information content (AvgIpc) is 2.95. The minimum atomic E-state index is -3.42. The van der Waals surface area contributed by atoms with Crippen molar-refractivity contribution in [3.05, 3.63) is 30.1 Å². The Kier molecular flexibility index (Phi) is 5.09. The van der Waals surface area contributed by atoms with E-state index in [-0.39, 0.29) is 6.04 Å². The summed E-state index contributed by atoms with van der Waals surface area (Å²) in [5, 5.41) is 0. The molecule has 1 aliphatic rings. The molecule has 0 bridgehead atoms. The fourth-order valence-electron chi connectivity index (χ4n) is 2.54. The lowest BCUT2D eigenvalue weighted by Crippen LogP contribution is -2.42. The molecule has 1 atom stereocenters. The molecular weight excluding hydrogens is 276 g/mol. The summed E-state index contributed by atoms with van der Waals surface area (Å²) in [5.74, 6) is 0. The fraction of sp³-hybridized carbons (Fsp3) is 0.615. The molecule has 1 saturated heterocycles. The molecule has 1 aromatic rings. The van der Waals surface area contributed by atoms with E-state index in [4.69, 9.17) is 5.73 Å². The zero-order valence-electron chi connectivity index (χ0n) is 11.8. The maximum Gasteiger partial charge on any atom is 0.282 e. The van der Waals surface area contributed by atoms with E-state index in [1.807, 2.05) is 12.1 Å². The van der Waals surface area contributed by atoms with Crippen molar-refractivity contribution in [3.63, 3.8) is 0 Å². The Morgan fingerprint density at radius 2 is 2.15 bits per heavy atom. The molecule has 0 aliphatic carbocycles. The zero-order valence-corrected chi connectivity index (χ0v) is 12.6. The lowest BCUT2D eigenvalue weighted by Gasteiger charge is -2.29. The van der Waals surface area contributed by atoms with E-state index >= 15 is 0 Å². The topological polar surface area (TPSA) is 79.5 Å². The number of hydrogen-bond acceptors (Lipinski definition) is 4. The van der Waals surface area contributed by atoms with Gasteiger partial charge in [0.05, 0.1) is 6.04 Å². The maximum absolute atomic E-state index is 12.6. The van der Waals surface area contributed by atoms with Crippen LogP contribution in [0.2, 0.25) is 0 Å². The quantitative estimate of drug-likeness (QED) is 0.840. The van der Waals surface area contributed by atoms with Crippen LogP contribution in [0.15, 0.2) is 24.5 Å². The highest BCUT2D eigenvalue weighted by Gasteiger charge is 2.37. The Balaban J connectivity index is 2.18. The number of aromatic nitrogens is 1. The molecule has 0 amide bonds. The van der Waals surface area contributed by atoms with E-state index in [1.54, 1.807) is 23.7 Å². The number of nitrogens with zero attached hydrogens (tertiary/aromatic N) is 3. The highest BCUT2D eigenvalue weighted by Crippen LogP contribution is 2.34. The Labute approximate surface area is 120 Å². The van der Waals surface area contributed by atoms with Gasteiger partial charge in [-0.25, -0.2) is 0 Å². The smallest absolute Gasteiger partial charge is 0.282 e. The summed E-state index contributed by atoms with van der Waals surface area (Å²) in [6, 6.07) is 3.69. The predicted octanol–water partition coefficient (Wildman–Crippen LogP) is 0.744. The van der Waals surface area contributed by atoms with Crippen molar-refractivity contribution in [2.45, 2.75) is 25.3 Å². The highest BCUT2D eigenvalue weighted by atomic mass is 32.2. The van der Waals surface area contributed by atoms with Crippen molar-refractivity contribution >= 4 is 10.2 Å². The number of pyridine rings is 1. The van der Waals surface area contributed by atoms with Crippen LogP contribution in [-0.4, -0.2) is 48.7 Å². The molecule has 2 heterocycles. The van der Waals surface area contributed by atoms with Crippen molar-refractivity contribution < 1.29 is 8.42 Å². The standard InChI is InChI=1S/C13H22N4O2S/c1-16(10-3-7-14)20(18,19)17-11-2-4-13(17)12-5-8-15-9-6-12/h5-6,8-9,13H,2-4,7,10-11,14H2,1H3. The van der Waals surface area contributed by atoms with Crippen LogP contribution >= 0.6 is 0 Å². The summed E-state index contributed by atoms with van der Waals surface area (Å²) in [7, 11) is -1.80. The molecule has 2 N–H and O–H groups in total. The molecule has 112 valence electrons. The predicted molar refractivity (Wildman–Crippen MR) is 78.1 cm³/mol. The molecule has 6 nitrogen and oxygen atoms in total. The molecule has 20 heavy (non-hydrogen) atoms. The minimum absolute atomic E-state index is 0.0803. The van der Waals surface area contributed by atoms with Crippen LogP contribution in [0.4, 0.5) is 0 Å². The number of rotatable bonds is 6. The molecule has 0 saturated carbocycles. The first-order valence-corrected chi connectivity index (χ1v) is 8.30. The second kappa shape index (κ2) is 6.62. The van der Waals surface area contributed by atoms with Crippen molar-refractivity contribution in [3.8, 4) is 0 Å². The first-order chi connectivity index (χ1) is 9.57. The van der Waals surface area contributed by atoms with E-state index < -0.39 is 10.2 Å². The lowest BCUT2D eigenvalue weighted by atomic mass is 10.1. The van der Waals surface area contributed by atoms with E-state index in [0.717, 1.165) is 18.4 Å². The van der Waals surface area contributed by atoms with E-state index in [9.17, 15) is 8.42 Å². The second-order valence-electron chi connectivity index (χ2n) is 5.02. The summed E-state index contributed by atoms with van der Waals surface area (Å²) in [5.41, 5.74) is 6.46. The molecule has 1 aliphatic heterocycles. The van der Waals surface area contributed by atoms with Crippen LogP contribution in [-0.2, 0) is 10.2 Å². The van der Waals surface area contributed by atoms with Crippen molar-refractivity contribution in [2.24, 2.45) is 5.73 Å². The summed E-state index contributed by atoms with van der Waals surface area (Å²) in [4.78, 5) is 3.99. The van der Waals surface area contributed by atoms with Gasteiger partial charge < -0.3 is 5.73 Å². The van der Waals surface area contributed by atoms with Crippen LogP contribution < -0.4 is 5.73 Å².